The molecule has 0 fully saturated rings. The van der Waals surface area contributed by atoms with E-state index in [1.807, 2.05) is 26.0 Å². The fourth-order valence-corrected chi connectivity index (χ4v) is 2.01. The summed E-state index contributed by atoms with van der Waals surface area (Å²) >= 11 is 3.44. The molecule has 0 saturated heterocycles. The lowest BCUT2D eigenvalue weighted by atomic mass is 10.1. The number of hydrogen-bond acceptors (Lipinski definition) is 1. The third-order valence-corrected chi connectivity index (χ3v) is 3.70. The third kappa shape index (κ3) is 2.87. The quantitative estimate of drug-likeness (QED) is 0.830. The van der Waals surface area contributed by atoms with Crippen molar-refractivity contribution in [2.45, 2.75) is 20.0 Å². The van der Waals surface area contributed by atoms with Gasteiger partial charge in [0.15, 0.2) is 0 Å². The normalized spacial score (nSPS) is 11.5. The highest BCUT2D eigenvalue weighted by atomic mass is 79.9. The topological polar surface area (TPSA) is 37.3 Å². The zero-order valence-corrected chi connectivity index (χ0v) is 10.0. The van der Waals surface area contributed by atoms with E-state index in [2.05, 4.69) is 15.9 Å². The van der Waals surface area contributed by atoms with E-state index in [4.69, 9.17) is 4.89 Å². The Kier molecular flexibility index (Phi) is 3.60. The predicted octanol–water partition coefficient (Wildman–Crippen LogP) is 3.30. The molecule has 4 heteroatoms. The molecule has 0 aliphatic heterocycles. The minimum absolute atomic E-state index is 0.240. The average Bonchev–Trinajstić information content (AvgIpc) is 1.98. The zero-order valence-electron chi connectivity index (χ0n) is 7.54. The van der Waals surface area contributed by atoms with Gasteiger partial charge in [0.1, 0.15) is 0 Å². The van der Waals surface area contributed by atoms with Crippen LogP contribution in [0, 0.1) is 13.8 Å². The van der Waals surface area contributed by atoms with Crippen LogP contribution < -0.4 is 0 Å². The summed E-state index contributed by atoms with van der Waals surface area (Å²) < 4.78 is 11.7. The second-order valence-electron chi connectivity index (χ2n) is 3.05. The van der Waals surface area contributed by atoms with Gasteiger partial charge in [-0.25, -0.2) is 0 Å². The van der Waals surface area contributed by atoms with Crippen LogP contribution in [0.15, 0.2) is 16.6 Å². The highest BCUT2D eigenvalue weighted by Crippen LogP contribution is 2.27. The van der Waals surface area contributed by atoms with Gasteiger partial charge in [-0.3, -0.25) is 0 Å². The van der Waals surface area contributed by atoms with E-state index in [1.165, 1.54) is 0 Å². The van der Waals surface area contributed by atoms with Gasteiger partial charge in [0.25, 0.3) is 0 Å². The molecule has 13 heavy (non-hydrogen) atoms. The fourth-order valence-electron chi connectivity index (χ4n) is 1.28. The molecule has 2 nitrogen and oxygen atoms in total. The first-order chi connectivity index (χ1) is 6.00. The van der Waals surface area contributed by atoms with Crippen LogP contribution in [-0.4, -0.2) is 4.89 Å². The van der Waals surface area contributed by atoms with Crippen molar-refractivity contribution in [2.24, 2.45) is 0 Å². The Morgan fingerprint density at radius 2 is 1.85 bits per heavy atom. The minimum atomic E-state index is -2.08. The standard InChI is InChI=1S/C9H10BrO2P/c1-6-3-8(5-13(11)12)4-7(2)9(6)10/h3-4H,5H2,1-2H3/p+1. The molecule has 1 atom stereocenters. The Bertz CT molecular complexity index is 326. The van der Waals surface area contributed by atoms with Crippen molar-refractivity contribution in [1.29, 1.82) is 0 Å². The van der Waals surface area contributed by atoms with E-state index < -0.39 is 8.03 Å². The second kappa shape index (κ2) is 4.32. The first-order valence-corrected chi connectivity index (χ1v) is 6.09. The van der Waals surface area contributed by atoms with Gasteiger partial charge in [0.05, 0.1) is 0 Å². The number of rotatable bonds is 2. The van der Waals surface area contributed by atoms with E-state index in [9.17, 15) is 4.57 Å². The molecule has 0 aliphatic rings. The lowest BCUT2D eigenvalue weighted by Gasteiger charge is -2.03. The molecule has 1 aromatic rings. The smallest absolute Gasteiger partial charge is 0.160 e. The first-order valence-electron chi connectivity index (χ1n) is 3.90. The number of aryl methyl sites for hydroxylation is 2. The van der Waals surface area contributed by atoms with Gasteiger partial charge in [0.2, 0.25) is 6.16 Å². The van der Waals surface area contributed by atoms with E-state index in [-0.39, 0.29) is 6.16 Å². The van der Waals surface area contributed by atoms with Gasteiger partial charge in [-0.2, -0.15) is 4.89 Å². The Hall–Kier alpha value is -0.240. The first kappa shape index (κ1) is 10.8. The Morgan fingerprint density at radius 1 is 1.38 bits per heavy atom. The predicted molar refractivity (Wildman–Crippen MR) is 57.1 cm³/mol. The summed E-state index contributed by atoms with van der Waals surface area (Å²) in [5.74, 6) is 0. The second-order valence-corrected chi connectivity index (χ2v) is 4.87. The zero-order chi connectivity index (χ0) is 10.0. The highest BCUT2D eigenvalue weighted by Gasteiger charge is 2.13. The van der Waals surface area contributed by atoms with Crippen LogP contribution in [0.3, 0.4) is 0 Å². The molecule has 0 amide bonds. The van der Waals surface area contributed by atoms with Gasteiger partial charge in [-0.15, -0.1) is 0 Å². The summed E-state index contributed by atoms with van der Waals surface area (Å²) in [5, 5.41) is 0. The maximum absolute atomic E-state index is 10.6. The van der Waals surface area contributed by atoms with Crippen LogP contribution in [-0.2, 0) is 10.7 Å². The molecule has 70 valence electrons. The van der Waals surface area contributed by atoms with Crippen LogP contribution in [0.1, 0.15) is 16.7 Å². The van der Waals surface area contributed by atoms with Crippen molar-refractivity contribution >= 4 is 24.0 Å². The monoisotopic (exact) mass is 261 g/mol. The van der Waals surface area contributed by atoms with Crippen LogP contribution in [0.2, 0.25) is 0 Å². The molecule has 0 radical (unpaired) electrons. The van der Waals surface area contributed by atoms with Crippen LogP contribution in [0.4, 0.5) is 0 Å². The lowest BCUT2D eigenvalue weighted by Crippen LogP contribution is -1.87. The summed E-state index contributed by atoms with van der Waals surface area (Å²) in [7, 11) is -2.08. The third-order valence-electron chi connectivity index (χ3n) is 1.81. The molecular formula is C9H11BrO2P+. The van der Waals surface area contributed by atoms with Crippen molar-refractivity contribution < 1.29 is 9.46 Å². The highest BCUT2D eigenvalue weighted by molar-refractivity contribution is 9.10. The maximum atomic E-state index is 10.6. The fraction of sp³-hybridized carbons (Fsp3) is 0.333. The molecule has 0 aromatic heterocycles. The number of hydrogen-bond donors (Lipinski definition) is 1. The summed E-state index contributed by atoms with van der Waals surface area (Å²) in [6.07, 6.45) is 0.240. The lowest BCUT2D eigenvalue weighted by molar-refractivity contribution is 0.502. The minimum Gasteiger partial charge on any atom is -0.160 e. The molecule has 1 unspecified atom stereocenters. The Morgan fingerprint density at radius 3 is 2.23 bits per heavy atom. The molecule has 0 saturated carbocycles. The molecule has 0 heterocycles. The van der Waals surface area contributed by atoms with E-state index in [0.29, 0.717) is 0 Å². The van der Waals surface area contributed by atoms with Crippen molar-refractivity contribution in [3.05, 3.63) is 33.3 Å². The SMILES string of the molecule is Cc1cc(C[P+](=O)O)cc(C)c1Br. The number of halogens is 1. The van der Waals surface area contributed by atoms with Gasteiger partial charge < -0.3 is 0 Å². The largest absolute Gasteiger partial charge is 0.510 e. The van der Waals surface area contributed by atoms with Gasteiger partial charge in [0, 0.05) is 10.0 Å². The van der Waals surface area contributed by atoms with Crippen molar-refractivity contribution in [3.63, 3.8) is 0 Å². The molecule has 1 aromatic carbocycles. The Balaban J connectivity index is 3.06. The molecule has 1 N–H and O–H groups in total. The average molecular weight is 262 g/mol. The van der Waals surface area contributed by atoms with Crippen LogP contribution >= 0.6 is 24.0 Å². The summed E-state index contributed by atoms with van der Waals surface area (Å²) in [4.78, 5) is 8.75. The van der Waals surface area contributed by atoms with Gasteiger partial charge in [-0.1, -0.05) is 28.1 Å². The molecule has 0 spiro atoms. The van der Waals surface area contributed by atoms with Crippen molar-refractivity contribution in [2.75, 3.05) is 0 Å². The van der Waals surface area contributed by atoms with Crippen molar-refractivity contribution in [3.8, 4) is 0 Å². The van der Waals surface area contributed by atoms with E-state index in [1.54, 1.807) is 0 Å². The number of benzene rings is 1. The molecule has 1 rings (SSSR count). The molecule has 0 aliphatic carbocycles. The van der Waals surface area contributed by atoms with Crippen LogP contribution in [0.25, 0.3) is 0 Å². The maximum Gasteiger partial charge on any atom is 0.510 e. The van der Waals surface area contributed by atoms with Gasteiger partial charge in [-0.05, 0) is 29.5 Å². The summed E-state index contributed by atoms with van der Waals surface area (Å²) in [6.45, 7) is 3.95. The molecule has 0 bridgehead atoms. The van der Waals surface area contributed by atoms with E-state index in [0.717, 1.165) is 21.2 Å². The van der Waals surface area contributed by atoms with Crippen molar-refractivity contribution in [1.82, 2.24) is 0 Å². The molecular weight excluding hydrogens is 251 g/mol. The van der Waals surface area contributed by atoms with Gasteiger partial charge >= 0.3 is 8.03 Å². The van der Waals surface area contributed by atoms with E-state index >= 15 is 0 Å². The summed E-state index contributed by atoms with van der Waals surface area (Å²) in [5.41, 5.74) is 3.13. The summed E-state index contributed by atoms with van der Waals surface area (Å²) in [6, 6.07) is 3.86. The Labute approximate surface area is 87.0 Å². The van der Waals surface area contributed by atoms with Crippen LogP contribution in [0.5, 0.6) is 0 Å².